The Morgan fingerprint density at radius 1 is 1.64 bits per heavy atom. The normalized spacial score (nSPS) is 10.8. The molecule has 1 heterocycles. The number of nitrogens with zero attached hydrogens (tertiary/aromatic N) is 2. The molecule has 0 aliphatic heterocycles. The summed E-state index contributed by atoms with van der Waals surface area (Å²) in [5.74, 6) is 0.405. The third kappa shape index (κ3) is 4.41. The van der Waals surface area contributed by atoms with Gasteiger partial charge in [0.1, 0.15) is 17.5 Å². The van der Waals surface area contributed by atoms with Crippen molar-refractivity contribution in [2.75, 3.05) is 0 Å². The van der Waals surface area contributed by atoms with Gasteiger partial charge < -0.3 is 4.52 Å². The van der Waals surface area contributed by atoms with Crippen molar-refractivity contribution in [3.05, 3.63) is 17.5 Å². The van der Waals surface area contributed by atoms with Crippen LogP contribution in [0.2, 0.25) is 0 Å². The molecular formula is C10H14N2O2. The van der Waals surface area contributed by atoms with Gasteiger partial charge in [-0.2, -0.15) is 5.26 Å². The Labute approximate surface area is 83.5 Å². The lowest BCUT2D eigenvalue weighted by molar-refractivity contribution is -0.118. The standard InChI is InChI=1S/2C5H7NO/c1-4-3-6-7-5(4)2;1-4(3-6)5(2)7/h3H,1-2H3;4H,1-2H3/t;4-/m.0/s1. The van der Waals surface area contributed by atoms with E-state index in [2.05, 4.69) is 5.16 Å². The van der Waals surface area contributed by atoms with Gasteiger partial charge in [0, 0.05) is 5.56 Å². The van der Waals surface area contributed by atoms with Gasteiger partial charge in [0.15, 0.2) is 0 Å². The molecule has 1 aromatic rings. The maximum absolute atomic E-state index is 10.2. The summed E-state index contributed by atoms with van der Waals surface area (Å²) < 4.78 is 4.71. The van der Waals surface area contributed by atoms with E-state index < -0.39 is 5.92 Å². The van der Waals surface area contributed by atoms with Crippen LogP contribution in [0.1, 0.15) is 25.2 Å². The predicted molar refractivity (Wildman–Crippen MR) is 51.4 cm³/mol. The fourth-order valence-electron chi connectivity index (χ4n) is 0.438. The van der Waals surface area contributed by atoms with E-state index in [1.807, 2.05) is 19.9 Å². The summed E-state index contributed by atoms with van der Waals surface area (Å²) >= 11 is 0. The number of ketones is 1. The summed E-state index contributed by atoms with van der Waals surface area (Å²) in [6, 6.07) is 1.81. The second-order valence-corrected chi connectivity index (χ2v) is 3.03. The Morgan fingerprint density at radius 2 is 2.21 bits per heavy atom. The summed E-state index contributed by atoms with van der Waals surface area (Å²) in [5, 5.41) is 11.6. The second kappa shape index (κ2) is 5.92. The van der Waals surface area contributed by atoms with Gasteiger partial charge in [-0.1, -0.05) is 5.16 Å². The topological polar surface area (TPSA) is 66.9 Å². The van der Waals surface area contributed by atoms with Crippen molar-refractivity contribution in [1.29, 1.82) is 5.26 Å². The molecule has 14 heavy (non-hydrogen) atoms. The number of carbonyl (C=O) groups is 1. The maximum atomic E-state index is 10.2. The Balaban J connectivity index is 0.000000241. The van der Waals surface area contributed by atoms with Gasteiger partial charge in [-0.15, -0.1) is 0 Å². The van der Waals surface area contributed by atoms with E-state index in [9.17, 15) is 4.79 Å². The first kappa shape index (κ1) is 12.4. The molecule has 0 aromatic carbocycles. The Kier molecular flexibility index (Phi) is 5.23. The highest BCUT2D eigenvalue weighted by molar-refractivity contribution is 5.80. The summed E-state index contributed by atoms with van der Waals surface area (Å²) in [6.45, 7) is 6.85. The lowest BCUT2D eigenvalue weighted by Crippen LogP contribution is -2.01. The Bertz CT molecular complexity index is 320. The highest BCUT2D eigenvalue weighted by Crippen LogP contribution is 2.00. The lowest BCUT2D eigenvalue weighted by atomic mass is 10.1. The van der Waals surface area contributed by atoms with E-state index in [4.69, 9.17) is 9.78 Å². The smallest absolute Gasteiger partial charge is 0.146 e. The van der Waals surface area contributed by atoms with Crippen LogP contribution >= 0.6 is 0 Å². The van der Waals surface area contributed by atoms with E-state index in [1.54, 1.807) is 13.1 Å². The van der Waals surface area contributed by atoms with Crippen molar-refractivity contribution < 1.29 is 9.32 Å². The molecule has 1 atom stereocenters. The number of Topliss-reactive ketones (excluding diaryl/α,β-unsaturated/α-hetero) is 1. The second-order valence-electron chi connectivity index (χ2n) is 3.03. The maximum Gasteiger partial charge on any atom is 0.146 e. The van der Waals surface area contributed by atoms with Gasteiger partial charge in [-0.3, -0.25) is 4.79 Å². The molecule has 4 heteroatoms. The average molecular weight is 194 g/mol. The number of aromatic nitrogens is 1. The highest BCUT2D eigenvalue weighted by atomic mass is 16.5. The third-order valence-electron chi connectivity index (χ3n) is 1.79. The van der Waals surface area contributed by atoms with E-state index in [-0.39, 0.29) is 5.78 Å². The van der Waals surface area contributed by atoms with Gasteiger partial charge in [0.05, 0.1) is 12.3 Å². The minimum Gasteiger partial charge on any atom is -0.361 e. The number of rotatable bonds is 1. The Morgan fingerprint density at radius 3 is 2.29 bits per heavy atom. The van der Waals surface area contributed by atoms with Crippen LogP contribution in [0.3, 0.4) is 0 Å². The van der Waals surface area contributed by atoms with Gasteiger partial charge in [-0.05, 0) is 27.7 Å². The summed E-state index contributed by atoms with van der Waals surface area (Å²) in [4.78, 5) is 10.2. The van der Waals surface area contributed by atoms with Crippen LogP contribution in [0.4, 0.5) is 0 Å². The molecule has 0 unspecified atom stereocenters. The minimum atomic E-state index is -0.431. The zero-order valence-electron chi connectivity index (χ0n) is 8.87. The van der Waals surface area contributed by atoms with Crippen molar-refractivity contribution >= 4 is 5.78 Å². The van der Waals surface area contributed by atoms with E-state index in [1.165, 1.54) is 6.92 Å². The van der Waals surface area contributed by atoms with E-state index in [0.29, 0.717) is 0 Å². The van der Waals surface area contributed by atoms with Crippen molar-refractivity contribution in [2.24, 2.45) is 5.92 Å². The average Bonchev–Trinajstić information content (AvgIpc) is 2.50. The van der Waals surface area contributed by atoms with Gasteiger partial charge >= 0.3 is 0 Å². The molecule has 76 valence electrons. The molecule has 0 aliphatic carbocycles. The number of hydrogen-bond acceptors (Lipinski definition) is 4. The number of hydrogen-bond donors (Lipinski definition) is 0. The summed E-state index contributed by atoms with van der Waals surface area (Å²) in [5.41, 5.74) is 1.11. The first-order valence-corrected chi connectivity index (χ1v) is 4.27. The van der Waals surface area contributed by atoms with Crippen molar-refractivity contribution in [3.63, 3.8) is 0 Å². The monoisotopic (exact) mass is 194 g/mol. The molecule has 1 aromatic heterocycles. The molecule has 1 rings (SSSR count). The van der Waals surface area contributed by atoms with Crippen molar-refractivity contribution in [2.45, 2.75) is 27.7 Å². The molecule has 0 aliphatic rings. The lowest BCUT2D eigenvalue weighted by Gasteiger charge is -1.87. The van der Waals surface area contributed by atoms with Crippen LogP contribution in [0.5, 0.6) is 0 Å². The molecule has 0 amide bonds. The SMILES string of the molecule is CC(=O)[C@@H](C)C#N.Cc1cnoc1C. The number of aryl methyl sites for hydroxylation is 2. The first-order valence-electron chi connectivity index (χ1n) is 4.27. The molecule has 0 fully saturated rings. The molecule has 0 saturated heterocycles. The Hall–Kier alpha value is -1.63. The molecule has 0 spiro atoms. The fourth-order valence-corrected chi connectivity index (χ4v) is 0.438. The quantitative estimate of drug-likeness (QED) is 0.686. The molecule has 0 saturated carbocycles. The van der Waals surface area contributed by atoms with E-state index in [0.717, 1.165) is 11.3 Å². The third-order valence-corrected chi connectivity index (χ3v) is 1.79. The van der Waals surface area contributed by atoms with Crippen molar-refractivity contribution in [3.8, 4) is 6.07 Å². The van der Waals surface area contributed by atoms with Crippen molar-refractivity contribution in [1.82, 2.24) is 5.16 Å². The molecular weight excluding hydrogens is 180 g/mol. The summed E-state index contributed by atoms with van der Waals surface area (Å²) in [7, 11) is 0. The molecule has 0 bridgehead atoms. The van der Waals surface area contributed by atoms with Crippen LogP contribution in [-0.4, -0.2) is 10.9 Å². The summed E-state index contributed by atoms with van der Waals surface area (Å²) in [6.07, 6.45) is 1.70. The molecule has 0 radical (unpaired) electrons. The predicted octanol–water partition coefficient (Wildman–Crippen LogP) is 2.03. The zero-order valence-corrected chi connectivity index (χ0v) is 8.87. The van der Waals surface area contributed by atoms with Crippen LogP contribution in [0.15, 0.2) is 10.7 Å². The fraction of sp³-hybridized carbons (Fsp3) is 0.500. The van der Waals surface area contributed by atoms with Gasteiger partial charge in [0.25, 0.3) is 0 Å². The largest absolute Gasteiger partial charge is 0.361 e. The van der Waals surface area contributed by atoms with Crippen LogP contribution in [-0.2, 0) is 4.79 Å². The minimum absolute atomic E-state index is 0.0671. The van der Waals surface area contributed by atoms with Gasteiger partial charge in [-0.25, -0.2) is 0 Å². The first-order chi connectivity index (χ1) is 6.49. The van der Waals surface area contributed by atoms with Crippen LogP contribution in [0, 0.1) is 31.1 Å². The van der Waals surface area contributed by atoms with Crippen LogP contribution in [0.25, 0.3) is 0 Å². The number of carbonyl (C=O) groups excluding carboxylic acids is 1. The van der Waals surface area contributed by atoms with Gasteiger partial charge in [0.2, 0.25) is 0 Å². The number of nitriles is 1. The molecule has 0 N–H and O–H groups in total. The highest BCUT2D eigenvalue weighted by Gasteiger charge is 2.02. The zero-order chi connectivity index (χ0) is 11.1. The molecule has 4 nitrogen and oxygen atoms in total. The van der Waals surface area contributed by atoms with E-state index >= 15 is 0 Å². The van der Waals surface area contributed by atoms with Crippen LogP contribution < -0.4 is 0 Å².